The first-order valence-electron chi connectivity index (χ1n) is 8.84. The molecule has 0 aliphatic carbocycles. The minimum Gasteiger partial charge on any atom is -0.294 e. The fourth-order valence-electron chi connectivity index (χ4n) is 4.26. The Balaban J connectivity index is 1.85. The van der Waals surface area contributed by atoms with Gasteiger partial charge in [0.25, 0.3) is 0 Å². The smallest absolute Gasteiger partial charge is 0.246 e. The number of piperidine rings is 1. The minimum absolute atomic E-state index is 0.189. The van der Waals surface area contributed by atoms with Crippen molar-refractivity contribution in [3.05, 3.63) is 29.6 Å². The number of likely N-dealkylation sites (tertiary alicyclic amines) is 1. The van der Waals surface area contributed by atoms with E-state index in [0.29, 0.717) is 25.2 Å². The summed E-state index contributed by atoms with van der Waals surface area (Å²) in [5.41, 5.74) is 0.755. The van der Waals surface area contributed by atoms with Crippen molar-refractivity contribution in [3.8, 4) is 0 Å². The summed E-state index contributed by atoms with van der Waals surface area (Å²) in [5, 5.41) is 0. The molecule has 2 fully saturated rings. The zero-order valence-electron chi connectivity index (χ0n) is 14.7. The van der Waals surface area contributed by atoms with Crippen molar-refractivity contribution in [3.63, 3.8) is 0 Å². The first-order valence-corrected chi connectivity index (χ1v) is 10.3. The predicted molar refractivity (Wildman–Crippen MR) is 92.9 cm³/mol. The van der Waals surface area contributed by atoms with Crippen molar-refractivity contribution in [2.24, 2.45) is 0 Å². The molecule has 24 heavy (non-hydrogen) atoms. The van der Waals surface area contributed by atoms with Crippen molar-refractivity contribution in [1.29, 1.82) is 0 Å². The molecule has 6 heteroatoms. The SMILES string of the molecule is Cc1ccc(F)c(S(=O)(=O)N2CCC[C@H](N3[C@@H](C)CC[C@@H]3C)C2)c1. The van der Waals surface area contributed by atoms with Gasteiger partial charge in [0.2, 0.25) is 10.0 Å². The van der Waals surface area contributed by atoms with Crippen LogP contribution in [0.1, 0.15) is 45.1 Å². The number of nitrogens with zero attached hydrogens (tertiary/aromatic N) is 2. The summed E-state index contributed by atoms with van der Waals surface area (Å²) >= 11 is 0. The highest BCUT2D eigenvalue weighted by Gasteiger charge is 2.39. The molecule has 4 nitrogen and oxygen atoms in total. The third kappa shape index (κ3) is 3.24. The van der Waals surface area contributed by atoms with Gasteiger partial charge in [-0.1, -0.05) is 6.07 Å². The van der Waals surface area contributed by atoms with Gasteiger partial charge in [-0.25, -0.2) is 12.8 Å². The van der Waals surface area contributed by atoms with Crippen molar-refractivity contribution < 1.29 is 12.8 Å². The average molecular weight is 354 g/mol. The monoisotopic (exact) mass is 354 g/mol. The van der Waals surface area contributed by atoms with Crippen molar-refractivity contribution in [2.75, 3.05) is 13.1 Å². The van der Waals surface area contributed by atoms with E-state index in [-0.39, 0.29) is 10.9 Å². The van der Waals surface area contributed by atoms with E-state index in [4.69, 9.17) is 0 Å². The number of hydrogen-bond acceptors (Lipinski definition) is 3. The number of sulfonamides is 1. The number of benzene rings is 1. The van der Waals surface area contributed by atoms with Crippen LogP contribution in [-0.4, -0.2) is 48.8 Å². The molecule has 0 amide bonds. The third-order valence-corrected chi connectivity index (χ3v) is 7.39. The van der Waals surface area contributed by atoms with E-state index in [0.717, 1.165) is 31.2 Å². The molecule has 0 aromatic heterocycles. The maximum atomic E-state index is 14.1. The van der Waals surface area contributed by atoms with Gasteiger partial charge in [-0.2, -0.15) is 4.31 Å². The second-order valence-corrected chi connectivity index (χ2v) is 9.22. The maximum absolute atomic E-state index is 14.1. The lowest BCUT2D eigenvalue weighted by Crippen LogP contribution is -2.52. The minimum atomic E-state index is -3.78. The first-order chi connectivity index (χ1) is 11.3. The summed E-state index contributed by atoms with van der Waals surface area (Å²) < 4.78 is 41.5. The molecule has 2 aliphatic heterocycles. The van der Waals surface area contributed by atoms with Gasteiger partial charge in [-0.15, -0.1) is 0 Å². The first kappa shape index (κ1) is 17.8. The molecule has 0 N–H and O–H groups in total. The van der Waals surface area contributed by atoms with E-state index >= 15 is 0 Å². The van der Waals surface area contributed by atoms with Crippen LogP contribution >= 0.6 is 0 Å². The maximum Gasteiger partial charge on any atom is 0.246 e. The molecule has 2 aliphatic rings. The molecule has 1 aromatic rings. The van der Waals surface area contributed by atoms with Gasteiger partial charge < -0.3 is 0 Å². The van der Waals surface area contributed by atoms with Crippen molar-refractivity contribution >= 4 is 10.0 Å². The topological polar surface area (TPSA) is 40.6 Å². The van der Waals surface area contributed by atoms with E-state index in [9.17, 15) is 12.8 Å². The molecule has 0 radical (unpaired) electrons. The van der Waals surface area contributed by atoms with Gasteiger partial charge in [0.15, 0.2) is 0 Å². The quantitative estimate of drug-likeness (QED) is 0.837. The largest absolute Gasteiger partial charge is 0.294 e. The lowest BCUT2D eigenvalue weighted by Gasteiger charge is -2.41. The molecule has 0 unspecified atom stereocenters. The van der Waals surface area contributed by atoms with Crippen LogP contribution in [0.25, 0.3) is 0 Å². The van der Waals surface area contributed by atoms with Crippen LogP contribution in [-0.2, 0) is 10.0 Å². The second-order valence-electron chi connectivity index (χ2n) is 7.32. The van der Waals surface area contributed by atoms with Crippen LogP contribution < -0.4 is 0 Å². The Morgan fingerprint density at radius 2 is 1.79 bits per heavy atom. The fourth-order valence-corrected chi connectivity index (χ4v) is 5.93. The van der Waals surface area contributed by atoms with Gasteiger partial charge in [0.1, 0.15) is 10.7 Å². The Bertz CT molecular complexity index is 697. The number of aryl methyl sites for hydroxylation is 1. The summed E-state index contributed by atoms with van der Waals surface area (Å²) in [5.74, 6) is -0.661. The Morgan fingerprint density at radius 3 is 2.46 bits per heavy atom. The number of rotatable bonds is 3. The summed E-state index contributed by atoms with van der Waals surface area (Å²) in [7, 11) is -3.78. The van der Waals surface area contributed by atoms with Gasteiger partial charge >= 0.3 is 0 Å². The lowest BCUT2D eigenvalue weighted by molar-refractivity contribution is 0.0979. The van der Waals surface area contributed by atoms with Crippen LogP contribution in [0.3, 0.4) is 0 Å². The third-order valence-electron chi connectivity index (χ3n) is 5.51. The molecule has 1 aromatic carbocycles. The Labute approximate surface area is 144 Å². The highest BCUT2D eigenvalue weighted by atomic mass is 32.2. The van der Waals surface area contributed by atoms with E-state index in [1.165, 1.54) is 16.4 Å². The van der Waals surface area contributed by atoms with E-state index < -0.39 is 15.8 Å². The van der Waals surface area contributed by atoms with Crippen molar-refractivity contribution in [2.45, 2.75) is 69.5 Å². The second kappa shape index (κ2) is 6.73. The summed E-state index contributed by atoms with van der Waals surface area (Å²) in [4.78, 5) is 2.28. The van der Waals surface area contributed by atoms with Crippen LogP contribution in [0.5, 0.6) is 0 Å². The highest BCUT2D eigenvalue weighted by molar-refractivity contribution is 7.89. The zero-order chi connectivity index (χ0) is 17.5. The normalized spacial score (nSPS) is 29.9. The Hall–Kier alpha value is -0.980. The van der Waals surface area contributed by atoms with Crippen LogP contribution in [0.15, 0.2) is 23.1 Å². The number of halogens is 1. The molecule has 2 heterocycles. The highest BCUT2D eigenvalue weighted by Crippen LogP contribution is 2.32. The standard InChI is InChI=1S/C18H27FN2O2S/c1-13-6-9-17(19)18(11-13)24(22,23)20-10-4-5-16(12-20)21-14(2)7-8-15(21)3/h6,9,11,14-16H,4-5,7-8,10,12H2,1-3H3/t14-,15-,16-/m0/s1. The zero-order valence-corrected chi connectivity index (χ0v) is 15.5. The molecule has 3 atom stereocenters. The van der Waals surface area contributed by atoms with Gasteiger partial charge in [0.05, 0.1) is 0 Å². The van der Waals surface area contributed by atoms with E-state index in [1.54, 1.807) is 13.0 Å². The molecule has 0 spiro atoms. The van der Waals surface area contributed by atoms with Gasteiger partial charge in [-0.05, 0) is 64.2 Å². The number of hydrogen-bond donors (Lipinski definition) is 0. The van der Waals surface area contributed by atoms with Crippen LogP contribution in [0, 0.1) is 12.7 Å². The fraction of sp³-hybridized carbons (Fsp3) is 0.667. The molecule has 2 saturated heterocycles. The lowest BCUT2D eigenvalue weighted by atomic mass is 10.0. The molecule has 3 rings (SSSR count). The molecular formula is C18H27FN2O2S. The van der Waals surface area contributed by atoms with Gasteiger partial charge in [0, 0.05) is 31.2 Å². The van der Waals surface area contributed by atoms with Crippen molar-refractivity contribution in [1.82, 2.24) is 9.21 Å². The summed E-state index contributed by atoms with van der Waals surface area (Å²) in [6.45, 7) is 7.16. The van der Waals surface area contributed by atoms with E-state index in [1.807, 2.05) is 0 Å². The van der Waals surface area contributed by atoms with Crippen LogP contribution in [0.4, 0.5) is 4.39 Å². The van der Waals surface area contributed by atoms with Gasteiger partial charge in [-0.3, -0.25) is 4.90 Å². The molecule has 0 saturated carbocycles. The molecular weight excluding hydrogens is 327 g/mol. The Morgan fingerprint density at radius 1 is 1.12 bits per heavy atom. The Kier molecular flexibility index (Phi) is 5.00. The molecule has 134 valence electrons. The molecule has 0 bridgehead atoms. The predicted octanol–water partition coefficient (Wildman–Crippen LogP) is 3.16. The summed E-state index contributed by atoms with van der Waals surface area (Å²) in [6.07, 6.45) is 4.16. The summed E-state index contributed by atoms with van der Waals surface area (Å²) in [6, 6.07) is 5.49. The average Bonchev–Trinajstić information content (AvgIpc) is 2.88. The van der Waals surface area contributed by atoms with Crippen LogP contribution in [0.2, 0.25) is 0 Å². The van der Waals surface area contributed by atoms with E-state index in [2.05, 4.69) is 18.7 Å².